The Morgan fingerprint density at radius 3 is 2.48 bits per heavy atom. The zero-order chi connectivity index (χ0) is 20.8. The van der Waals surface area contributed by atoms with E-state index in [9.17, 15) is 13.6 Å². The molecule has 1 fully saturated rings. The van der Waals surface area contributed by atoms with Gasteiger partial charge in [-0.05, 0) is 74.4 Å². The average molecular weight is 414 g/mol. The van der Waals surface area contributed by atoms with Crippen LogP contribution in [0.1, 0.15) is 38.3 Å². The molecule has 154 valence electrons. The number of fused-ring (bicyclic) bond motifs is 1. The highest BCUT2D eigenvalue weighted by Crippen LogP contribution is 2.39. The van der Waals surface area contributed by atoms with Gasteiger partial charge in [0.1, 0.15) is 0 Å². The standard InChI is InChI=1S/C22H27N3O3S/c1-14-4-6-16(7-5-14)24-21-9-8-17(29(3,27)28)13-20(21)19-12-15(2)25(26)22-18(19)10-11-23-22/h8-14,16,24,26H,4-7H2,1-3H3. The maximum absolute atomic E-state index is 12.2. The molecule has 2 aliphatic heterocycles. The van der Waals surface area contributed by atoms with E-state index in [2.05, 4.69) is 17.2 Å². The Morgan fingerprint density at radius 2 is 1.79 bits per heavy atom. The zero-order valence-corrected chi connectivity index (χ0v) is 17.8. The first-order valence-electron chi connectivity index (χ1n) is 10.0. The van der Waals surface area contributed by atoms with Crippen molar-refractivity contribution in [1.29, 1.82) is 0 Å². The van der Waals surface area contributed by atoms with Gasteiger partial charge in [0.15, 0.2) is 15.7 Å². The minimum Gasteiger partial charge on any atom is -0.427 e. The van der Waals surface area contributed by atoms with E-state index in [0.717, 1.165) is 45.9 Å². The number of aryl methyl sites for hydroxylation is 1. The number of aromatic nitrogens is 2. The fourth-order valence-corrected chi connectivity index (χ4v) is 4.82. The largest absolute Gasteiger partial charge is 0.427 e. The second-order valence-electron chi connectivity index (χ2n) is 8.27. The summed E-state index contributed by atoms with van der Waals surface area (Å²) in [5.74, 6) is 1.22. The van der Waals surface area contributed by atoms with Gasteiger partial charge in [0.05, 0.1) is 10.6 Å². The summed E-state index contributed by atoms with van der Waals surface area (Å²) < 4.78 is 25.5. The molecule has 2 N–H and O–H groups in total. The van der Waals surface area contributed by atoms with E-state index < -0.39 is 9.84 Å². The Morgan fingerprint density at radius 1 is 1.07 bits per heavy atom. The molecule has 0 spiro atoms. The quantitative estimate of drug-likeness (QED) is 0.611. The molecule has 7 heteroatoms. The van der Waals surface area contributed by atoms with Crippen LogP contribution in [0.4, 0.5) is 5.69 Å². The molecule has 0 radical (unpaired) electrons. The number of anilines is 1. The number of sulfone groups is 1. The Kier molecular flexibility index (Phi) is 5.02. The summed E-state index contributed by atoms with van der Waals surface area (Å²) in [4.78, 5) is 4.54. The van der Waals surface area contributed by atoms with Gasteiger partial charge in [0.2, 0.25) is 0 Å². The second kappa shape index (κ2) is 7.37. The SMILES string of the molecule is Cc1cc(-c2cc(S(C)(=O)=O)ccc2NC2CCC(C)CC2)c2ccnc-2n1O. The predicted octanol–water partition coefficient (Wildman–Crippen LogP) is 4.59. The first-order valence-corrected chi connectivity index (χ1v) is 11.9. The molecule has 0 bridgehead atoms. The predicted molar refractivity (Wildman–Crippen MR) is 114 cm³/mol. The van der Waals surface area contributed by atoms with Gasteiger partial charge in [-0.2, -0.15) is 4.73 Å². The monoisotopic (exact) mass is 413 g/mol. The number of hydrogen-bond acceptors (Lipinski definition) is 5. The molecule has 6 nitrogen and oxygen atoms in total. The third-order valence-electron chi connectivity index (χ3n) is 5.94. The summed E-state index contributed by atoms with van der Waals surface area (Å²) >= 11 is 0. The molecule has 0 atom stereocenters. The Labute approximate surface area is 171 Å². The van der Waals surface area contributed by atoms with Crippen LogP contribution >= 0.6 is 0 Å². The third kappa shape index (κ3) is 3.83. The highest BCUT2D eigenvalue weighted by atomic mass is 32.2. The van der Waals surface area contributed by atoms with Crippen molar-refractivity contribution in [3.05, 3.63) is 42.2 Å². The van der Waals surface area contributed by atoms with Crippen molar-refractivity contribution in [2.24, 2.45) is 5.92 Å². The Bertz CT molecular complexity index is 1110. The first kappa shape index (κ1) is 19.8. The van der Waals surface area contributed by atoms with Crippen molar-refractivity contribution in [1.82, 2.24) is 9.71 Å². The number of nitrogens with one attached hydrogen (secondary N) is 1. The summed E-state index contributed by atoms with van der Waals surface area (Å²) in [5.41, 5.74) is 4.00. The Balaban J connectivity index is 1.84. The van der Waals surface area contributed by atoms with Gasteiger partial charge in [-0.3, -0.25) is 0 Å². The molecule has 3 aliphatic rings. The van der Waals surface area contributed by atoms with Gasteiger partial charge >= 0.3 is 0 Å². The molecule has 0 aromatic heterocycles. The molecule has 0 amide bonds. The minimum atomic E-state index is -3.35. The van der Waals surface area contributed by atoms with Crippen LogP contribution < -0.4 is 5.32 Å². The van der Waals surface area contributed by atoms with Crippen LogP contribution in [0.3, 0.4) is 0 Å². The zero-order valence-electron chi connectivity index (χ0n) is 17.0. The molecule has 29 heavy (non-hydrogen) atoms. The molecule has 0 saturated heterocycles. The lowest BCUT2D eigenvalue weighted by atomic mass is 9.87. The van der Waals surface area contributed by atoms with Crippen LogP contribution in [0.25, 0.3) is 22.5 Å². The van der Waals surface area contributed by atoms with Crippen molar-refractivity contribution in [3.8, 4) is 22.5 Å². The maximum Gasteiger partial charge on any atom is 0.176 e. The lowest BCUT2D eigenvalue weighted by molar-refractivity contribution is 0.180. The van der Waals surface area contributed by atoms with E-state index in [0.29, 0.717) is 17.6 Å². The molecule has 1 saturated carbocycles. The number of hydrogen-bond donors (Lipinski definition) is 2. The van der Waals surface area contributed by atoms with Crippen LogP contribution in [0.15, 0.2) is 41.4 Å². The van der Waals surface area contributed by atoms with E-state index in [1.807, 2.05) is 18.2 Å². The van der Waals surface area contributed by atoms with E-state index >= 15 is 0 Å². The summed E-state index contributed by atoms with van der Waals surface area (Å²) in [6.45, 7) is 4.09. The smallest absolute Gasteiger partial charge is 0.176 e. The van der Waals surface area contributed by atoms with Crippen molar-refractivity contribution in [3.63, 3.8) is 0 Å². The van der Waals surface area contributed by atoms with E-state index in [4.69, 9.17) is 0 Å². The molecule has 1 aromatic rings. The van der Waals surface area contributed by atoms with Crippen molar-refractivity contribution >= 4 is 15.5 Å². The molecule has 1 aliphatic carbocycles. The summed E-state index contributed by atoms with van der Waals surface area (Å²) in [6.07, 6.45) is 7.47. The lowest BCUT2D eigenvalue weighted by Crippen LogP contribution is -2.25. The fraction of sp³-hybridized carbons (Fsp3) is 0.409. The normalized spacial score (nSPS) is 20.1. The molecular weight excluding hydrogens is 386 g/mol. The average Bonchev–Trinajstić information content (AvgIpc) is 3.16. The molecule has 2 heterocycles. The van der Waals surface area contributed by atoms with Gasteiger partial charge < -0.3 is 10.5 Å². The van der Waals surface area contributed by atoms with Crippen LogP contribution in [-0.2, 0) is 9.84 Å². The second-order valence-corrected chi connectivity index (χ2v) is 10.3. The van der Waals surface area contributed by atoms with Gasteiger partial charge in [-0.15, -0.1) is 0 Å². The maximum atomic E-state index is 12.2. The first-order chi connectivity index (χ1) is 13.7. The number of benzene rings is 1. The van der Waals surface area contributed by atoms with Gasteiger partial charge in [0, 0.05) is 35.3 Å². The molecule has 1 aromatic carbocycles. The topological polar surface area (TPSA) is 84.2 Å². The highest BCUT2D eigenvalue weighted by Gasteiger charge is 2.23. The van der Waals surface area contributed by atoms with Crippen molar-refractivity contribution in [2.75, 3.05) is 11.6 Å². The van der Waals surface area contributed by atoms with Crippen LogP contribution in [0.5, 0.6) is 0 Å². The van der Waals surface area contributed by atoms with Gasteiger partial charge in [-0.1, -0.05) is 6.92 Å². The molecule has 0 unspecified atom stereocenters. The van der Waals surface area contributed by atoms with E-state index in [1.54, 1.807) is 25.3 Å². The summed E-state index contributed by atoms with van der Waals surface area (Å²) in [7, 11) is -3.35. The van der Waals surface area contributed by atoms with Crippen molar-refractivity contribution in [2.45, 2.75) is 50.5 Å². The van der Waals surface area contributed by atoms with Gasteiger partial charge in [0.25, 0.3) is 0 Å². The summed E-state index contributed by atoms with van der Waals surface area (Å²) in [6, 6.07) is 9.34. The van der Waals surface area contributed by atoms with E-state index in [1.165, 1.54) is 19.1 Å². The van der Waals surface area contributed by atoms with Crippen LogP contribution in [0, 0.1) is 12.8 Å². The van der Waals surface area contributed by atoms with E-state index in [-0.39, 0.29) is 4.90 Å². The Hall–Kier alpha value is -2.54. The van der Waals surface area contributed by atoms with Gasteiger partial charge in [-0.25, -0.2) is 13.4 Å². The fourth-order valence-electron chi connectivity index (χ4n) is 4.17. The lowest BCUT2D eigenvalue weighted by Gasteiger charge is -2.29. The molecular formula is C22H27N3O3S. The number of pyridine rings is 1. The number of rotatable bonds is 4. The summed E-state index contributed by atoms with van der Waals surface area (Å²) in [5, 5.41) is 14.0. The van der Waals surface area contributed by atoms with Crippen LogP contribution in [-0.4, -0.2) is 35.6 Å². The molecule has 4 rings (SSSR count). The van der Waals surface area contributed by atoms with Crippen LogP contribution in [0.2, 0.25) is 0 Å². The third-order valence-corrected chi connectivity index (χ3v) is 7.05. The highest BCUT2D eigenvalue weighted by molar-refractivity contribution is 7.90. The van der Waals surface area contributed by atoms with Crippen molar-refractivity contribution < 1.29 is 13.6 Å². The minimum absolute atomic E-state index is 0.279. The number of nitrogens with zero attached hydrogens (tertiary/aromatic N) is 2.